The van der Waals surface area contributed by atoms with Crippen LogP contribution in [0.5, 0.6) is 0 Å². The lowest BCUT2D eigenvalue weighted by Crippen LogP contribution is -2.40. The van der Waals surface area contributed by atoms with E-state index >= 15 is 0 Å². The highest BCUT2D eigenvalue weighted by molar-refractivity contribution is 5.80. The van der Waals surface area contributed by atoms with Crippen LogP contribution in [-0.2, 0) is 7.05 Å². The van der Waals surface area contributed by atoms with Gasteiger partial charge in [0.1, 0.15) is 0 Å². The van der Waals surface area contributed by atoms with E-state index in [0.29, 0.717) is 5.92 Å². The Balaban J connectivity index is 1.51. The predicted molar refractivity (Wildman–Crippen MR) is 80.8 cm³/mol. The van der Waals surface area contributed by atoms with Crippen molar-refractivity contribution in [2.24, 2.45) is 18.0 Å². The van der Waals surface area contributed by atoms with Crippen molar-refractivity contribution in [1.29, 1.82) is 0 Å². The summed E-state index contributed by atoms with van der Waals surface area (Å²) in [5, 5.41) is 7.79. The van der Waals surface area contributed by atoms with Crippen LogP contribution in [0.3, 0.4) is 0 Å². The van der Waals surface area contributed by atoms with Crippen LogP contribution in [0.4, 0.5) is 0 Å². The van der Waals surface area contributed by atoms with Gasteiger partial charge in [-0.1, -0.05) is 12.8 Å². The molecule has 110 valence electrons. The van der Waals surface area contributed by atoms with Crippen molar-refractivity contribution in [2.45, 2.75) is 31.6 Å². The second-order valence-electron chi connectivity index (χ2n) is 6.08. The number of hydrogen-bond donors (Lipinski definition) is 1. The van der Waals surface area contributed by atoms with Crippen LogP contribution in [0, 0.1) is 5.92 Å². The molecule has 0 radical (unpaired) electrons. The smallest absolute Gasteiger partial charge is 0.193 e. The molecule has 5 nitrogen and oxygen atoms in total. The maximum Gasteiger partial charge on any atom is 0.193 e. The quantitative estimate of drug-likeness (QED) is 0.670. The number of likely N-dealkylation sites (tertiary alicyclic amines) is 1. The van der Waals surface area contributed by atoms with Crippen molar-refractivity contribution in [1.82, 2.24) is 20.0 Å². The van der Waals surface area contributed by atoms with Gasteiger partial charge in [0.05, 0.1) is 6.20 Å². The van der Waals surface area contributed by atoms with Crippen LogP contribution >= 0.6 is 0 Å². The first-order chi connectivity index (χ1) is 9.76. The molecule has 5 heteroatoms. The van der Waals surface area contributed by atoms with Crippen molar-refractivity contribution in [2.75, 3.05) is 26.7 Å². The summed E-state index contributed by atoms with van der Waals surface area (Å²) in [5.41, 5.74) is 1.35. The van der Waals surface area contributed by atoms with Gasteiger partial charge < -0.3 is 10.2 Å². The molecule has 0 bridgehead atoms. The zero-order valence-electron chi connectivity index (χ0n) is 12.5. The van der Waals surface area contributed by atoms with E-state index in [4.69, 9.17) is 0 Å². The van der Waals surface area contributed by atoms with E-state index in [2.05, 4.69) is 26.5 Å². The molecule has 0 amide bonds. The Kier molecular flexibility index (Phi) is 3.94. The van der Waals surface area contributed by atoms with E-state index in [-0.39, 0.29) is 0 Å². The van der Waals surface area contributed by atoms with Crippen molar-refractivity contribution in [3.63, 3.8) is 0 Å². The second-order valence-corrected chi connectivity index (χ2v) is 6.08. The third-order valence-corrected chi connectivity index (χ3v) is 4.43. The molecule has 1 atom stereocenters. The number of guanidine groups is 1. The lowest BCUT2D eigenvalue weighted by atomic mass is 10.0. The Morgan fingerprint density at radius 2 is 2.30 bits per heavy atom. The first kappa shape index (κ1) is 13.5. The van der Waals surface area contributed by atoms with Gasteiger partial charge in [-0.3, -0.25) is 9.67 Å². The third kappa shape index (κ3) is 3.14. The number of rotatable bonds is 4. The van der Waals surface area contributed by atoms with Gasteiger partial charge in [0, 0.05) is 45.8 Å². The van der Waals surface area contributed by atoms with Crippen molar-refractivity contribution in [3.05, 3.63) is 18.0 Å². The van der Waals surface area contributed by atoms with Gasteiger partial charge in [-0.2, -0.15) is 5.10 Å². The maximum absolute atomic E-state index is 4.43. The Bertz CT molecular complexity index is 474. The SMILES string of the molecule is CN=C(NCCC1CC1)N1CCC(c2cnn(C)c2)C1. The third-order valence-electron chi connectivity index (χ3n) is 4.43. The number of hydrogen-bond acceptors (Lipinski definition) is 2. The number of aliphatic imine (C=N–C) groups is 1. The molecule has 2 heterocycles. The molecule has 1 aliphatic heterocycles. The number of aromatic nitrogens is 2. The lowest BCUT2D eigenvalue weighted by Gasteiger charge is -2.21. The van der Waals surface area contributed by atoms with E-state index in [9.17, 15) is 0 Å². The van der Waals surface area contributed by atoms with Crippen LogP contribution < -0.4 is 5.32 Å². The van der Waals surface area contributed by atoms with Crippen LogP contribution in [0.25, 0.3) is 0 Å². The summed E-state index contributed by atoms with van der Waals surface area (Å²) in [6, 6.07) is 0. The summed E-state index contributed by atoms with van der Waals surface area (Å²) in [5.74, 6) is 2.63. The highest BCUT2D eigenvalue weighted by Gasteiger charge is 2.27. The average molecular weight is 275 g/mol. The highest BCUT2D eigenvalue weighted by atomic mass is 15.3. The first-order valence-corrected chi connectivity index (χ1v) is 7.70. The van der Waals surface area contributed by atoms with Crippen LogP contribution in [0.2, 0.25) is 0 Å². The summed E-state index contributed by atoms with van der Waals surface area (Å²) >= 11 is 0. The average Bonchev–Trinajstić information content (AvgIpc) is 2.96. The van der Waals surface area contributed by atoms with Gasteiger partial charge in [-0.25, -0.2) is 0 Å². The molecular formula is C15H25N5. The van der Waals surface area contributed by atoms with Crippen LogP contribution in [0.15, 0.2) is 17.4 Å². The Morgan fingerprint density at radius 1 is 1.45 bits per heavy atom. The summed E-state index contributed by atoms with van der Waals surface area (Å²) in [6.07, 6.45) is 9.46. The van der Waals surface area contributed by atoms with Crippen molar-refractivity contribution >= 4 is 5.96 Å². The molecule has 1 unspecified atom stereocenters. The monoisotopic (exact) mass is 275 g/mol. The molecule has 1 N–H and O–H groups in total. The van der Waals surface area contributed by atoms with Gasteiger partial charge in [0.15, 0.2) is 5.96 Å². The maximum atomic E-state index is 4.43. The number of nitrogens with zero attached hydrogens (tertiary/aromatic N) is 4. The minimum absolute atomic E-state index is 0.589. The van der Waals surface area contributed by atoms with Crippen molar-refractivity contribution in [3.8, 4) is 0 Å². The first-order valence-electron chi connectivity index (χ1n) is 7.70. The van der Waals surface area contributed by atoms with Crippen LogP contribution in [-0.4, -0.2) is 47.3 Å². The summed E-state index contributed by atoms with van der Waals surface area (Å²) in [7, 11) is 3.87. The zero-order chi connectivity index (χ0) is 13.9. The molecular weight excluding hydrogens is 250 g/mol. The highest BCUT2D eigenvalue weighted by Crippen LogP contribution is 2.31. The summed E-state index contributed by atoms with van der Waals surface area (Å²) in [4.78, 5) is 6.81. The van der Waals surface area contributed by atoms with E-state index in [1.165, 1.54) is 31.2 Å². The molecule has 1 saturated carbocycles. The molecule has 0 spiro atoms. The van der Waals surface area contributed by atoms with E-state index in [1.807, 2.05) is 25.0 Å². The van der Waals surface area contributed by atoms with Gasteiger partial charge in [-0.05, 0) is 24.3 Å². The molecule has 1 saturated heterocycles. The molecule has 1 aliphatic carbocycles. The van der Waals surface area contributed by atoms with Gasteiger partial charge in [0.2, 0.25) is 0 Å². The minimum Gasteiger partial charge on any atom is -0.356 e. The number of aryl methyl sites for hydroxylation is 1. The number of nitrogens with one attached hydrogen (secondary N) is 1. The van der Waals surface area contributed by atoms with Gasteiger partial charge in [-0.15, -0.1) is 0 Å². The standard InChI is InChI=1S/C15H25N5/c1-16-15(17-7-5-12-3-4-12)20-8-6-13(11-20)14-9-18-19(2)10-14/h9-10,12-13H,3-8,11H2,1-2H3,(H,16,17). The van der Waals surface area contributed by atoms with E-state index in [0.717, 1.165) is 31.5 Å². The van der Waals surface area contributed by atoms with Crippen LogP contribution in [0.1, 0.15) is 37.2 Å². The summed E-state index contributed by atoms with van der Waals surface area (Å²) in [6.45, 7) is 3.20. The fraction of sp³-hybridized carbons (Fsp3) is 0.733. The van der Waals surface area contributed by atoms with E-state index in [1.54, 1.807) is 0 Å². The minimum atomic E-state index is 0.589. The van der Waals surface area contributed by atoms with Crippen molar-refractivity contribution < 1.29 is 0 Å². The molecule has 0 aromatic carbocycles. The lowest BCUT2D eigenvalue weighted by molar-refractivity contribution is 0.483. The molecule has 20 heavy (non-hydrogen) atoms. The van der Waals surface area contributed by atoms with Gasteiger partial charge >= 0.3 is 0 Å². The van der Waals surface area contributed by atoms with E-state index < -0.39 is 0 Å². The molecule has 3 rings (SSSR count). The Labute approximate surface area is 121 Å². The topological polar surface area (TPSA) is 45.5 Å². The second kappa shape index (κ2) is 5.85. The fourth-order valence-corrected chi connectivity index (χ4v) is 3.00. The summed E-state index contributed by atoms with van der Waals surface area (Å²) < 4.78 is 1.89. The fourth-order valence-electron chi connectivity index (χ4n) is 3.00. The predicted octanol–water partition coefficient (Wildman–Crippen LogP) is 1.58. The molecule has 2 fully saturated rings. The van der Waals surface area contributed by atoms with Gasteiger partial charge in [0.25, 0.3) is 0 Å². The Morgan fingerprint density at radius 3 is 2.95 bits per heavy atom. The molecule has 1 aromatic heterocycles. The molecule has 1 aromatic rings. The largest absolute Gasteiger partial charge is 0.356 e. The normalized spacial score (nSPS) is 23.4. The Hall–Kier alpha value is -1.52. The molecule has 2 aliphatic rings. The zero-order valence-corrected chi connectivity index (χ0v) is 12.5.